The van der Waals surface area contributed by atoms with Crippen LogP contribution >= 0.6 is 11.3 Å². The van der Waals surface area contributed by atoms with Crippen LogP contribution in [-0.4, -0.2) is 30.2 Å². The molecule has 1 aromatic carbocycles. The number of nitrogens with zero attached hydrogens (tertiary/aromatic N) is 1. The molecule has 0 spiro atoms. The molecule has 1 aliphatic carbocycles. The van der Waals surface area contributed by atoms with Crippen LogP contribution in [0.25, 0.3) is 0 Å². The lowest BCUT2D eigenvalue weighted by Gasteiger charge is -2.22. The summed E-state index contributed by atoms with van der Waals surface area (Å²) in [6.07, 6.45) is 2.63. The standard InChI is InChI=1S/C19H18N2O4S/c20-9-15-14-7-6-13(12-4-2-1-3-5-12)8-16(14)26-19(15)21-17(22)10-25-11-18(23)24/h1-5,13H,6-8,10-11H2,(H,21,22)(H,23,24). The summed E-state index contributed by atoms with van der Waals surface area (Å²) in [6, 6.07) is 12.5. The zero-order valence-electron chi connectivity index (χ0n) is 14.0. The summed E-state index contributed by atoms with van der Waals surface area (Å²) in [5.74, 6) is -1.17. The van der Waals surface area contributed by atoms with Crippen LogP contribution in [0.4, 0.5) is 5.00 Å². The Kier molecular flexibility index (Phi) is 5.66. The maximum Gasteiger partial charge on any atom is 0.329 e. The van der Waals surface area contributed by atoms with Crippen molar-refractivity contribution in [1.29, 1.82) is 5.26 Å². The molecule has 0 radical (unpaired) electrons. The molecule has 1 aliphatic rings. The lowest BCUT2D eigenvalue weighted by atomic mass is 9.83. The minimum Gasteiger partial charge on any atom is -0.480 e. The second kappa shape index (κ2) is 8.13. The van der Waals surface area contributed by atoms with Crippen molar-refractivity contribution in [3.63, 3.8) is 0 Å². The maximum atomic E-state index is 11.9. The summed E-state index contributed by atoms with van der Waals surface area (Å²) in [6.45, 7) is -0.884. The SMILES string of the molecule is N#Cc1c(NC(=O)COCC(=O)O)sc2c1CCC(c1ccccc1)C2. The number of carboxylic acids is 1. The number of ether oxygens (including phenoxy) is 1. The van der Waals surface area contributed by atoms with Crippen molar-refractivity contribution in [3.8, 4) is 6.07 Å². The molecule has 1 atom stereocenters. The molecule has 2 N–H and O–H groups in total. The summed E-state index contributed by atoms with van der Waals surface area (Å²) >= 11 is 1.43. The number of amides is 1. The molecule has 0 saturated heterocycles. The molecule has 0 bridgehead atoms. The summed E-state index contributed by atoms with van der Waals surface area (Å²) < 4.78 is 4.79. The van der Waals surface area contributed by atoms with Gasteiger partial charge in [0.2, 0.25) is 0 Å². The van der Waals surface area contributed by atoms with Crippen LogP contribution in [0.5, 0.6) is 0 Å². The smallest absolute Gasteiger partial charge is 0.329 e. The Morgan fingerprint density at radius 2 is 2.08 bits per heavy atom. The highest BCUT2D eigenvalue weighted by Crippen LogP contribution is 2.42. The van der Waals surface area contributed by atoms with E-state index < -0.39 is 18.5 Å². The van der Waals surface area contributed by atoms with E-state index in [1.165, 1.54) is 16.9 Å². The molecule has 1 aromatic heterocycles. The quantitative estimate of drug-likeness (QED) is 0.814. The fraction of sp³-hybridized carbons (Fsp3) is 0.316. The Morgan fingerprint density at radius 1 is 1.31 bits per heavy atom. The Morgan fingerprint density at radius 3 is 2.77 bits per heavy atom. The highest BCUT2D eigenvalue weighted by Gasteiger charge is 2.27. The number of fused-ring (bicyclic) bond motifs is 1. The van der Waals surface area contributed by atoms with Crippen LogP contribution in [0, 0.1) is 11.3 Å². The first-order valence-electron chi connectivity index (χ1n) is 8.27. The molecule has 1 unspecified atom stereocenters. The molecule has 7 heteroatoms. The van der Waals surface area contributed by atoms with Gasteiger partial charge in [0.25, 0.3) is 5.91 Å². The van der Waals surface area contributed by atoms with Crippen LogP contribution < -0.4 is 5.32 Å². The van der Waals surface area contributed by atoms with Gasteiger partial charge in [0, 0.05) is 4.88 Å². The first kappa shape index (κ1) is 18.1. The number of thiophene rings is 1. The van der Waals surface area contributed by atoms with Crippen molar-refractivity contribution in [3.05, 3.63) is 51.9 Å². The number of carboxylic acid groups (broad SMARTS) is 1. The second-order valence-electron chi connectivity index (χ2n) is 6.10. The Labute approximate surface area is 155 Å². The van der Waals surface area contributed by atoms with E-state index in [0.29, 0.717) is 16.5 Å². The van der Waals surface area contributed by atoms with Gasteiger partial charge in [-0.25, -0.2) is 4.79 Å². The first-order valence-corrected chi connectivity index (χ1v) is 9.09. The normalized spacial score (nSPS) is 15.7. The topological polar surface area (TPSA) is 99.4 Å². The van der Waals surface area contributed by atoms with Gasteiger partial charge in [0.1, 0.15) is 24.3 Å². The molecular weight excluding hydrogens is 352 g/mol. The van der Waals surface area contributed by atoms with Gasteiger partial charge in [-0.15, -0.1) is 11.3 Å². The minimum atomic E-state index is -1.13. The second-order valence-corrected chi connectivity index (χ2v) is 7.21. The van der Waals surface area contributed by atoms with E-state index in [4.69, 9.17) is 9.84 Å². The van der Waals surface area contributed by atoms with E-state index in [0.717, 1.165) is 29.7 Å². The van der Waals surface area contributed by atoms with Gasteiger partial charge >= 0.3 is 5.97 Å². The lowest BCUT2D eigenvalue weighted by Crippen LogP contribution is -2.20. The van der Waals surface area contributed by atoms with Gasteiger partial charge in [-0.1, -0.05) is 30.3 Å². The molecule has 1 heterocycles. The number of hydrogen-bond acceptors (Lipinski definition) is 5. The van der Waals surface area contributed by atoms with E-state index in [9.17, 15) is 14.9 Å². The number of rotatable bonds is 6. The summed E-state index contributed by atoms with van der Waals surface area (Å²) in [7, 11) is 0. The molecule has 6 nitrogen and oxygen atoms in total. The van der Waals surface area contributed by atoms with Crippen molar-refractivity contribution in [2.24, 2.45) is 0 Å². The van der Waals surface area contributed by atoms with E-state index >= 15 is 0 Å². The lowest BCUT2D eigenvalue weighted by molar-refractivity contribution is -0.143. The van der Waals surface area contributed by atoms with Gasteiger partial charge < -0.3 is 15.2 Å². The van der Waals surface area contributed by atoms with Gasteiger partial charge in [0.15, 0.2) is 0 Å². The fourth-order valence-electron chi connectivity index (χ4n) is 3.20. The highest BCUT2D eigenvalue weighted by atomic mass is 32.1. The van der Waals surface area contributed by atoms with E-state index in [2.05, 4.69) is 23.5 Å². The number of benzene rings is 1. The van der Waals surface area contributed by atoms with Crippen LogP contribution in [0.15, 0.2) is 30.3 Å². The van der Waals surface area contributed by atoms with Crippen molar-refractivity contribution in [1.82, 2.24) is 0 Å². The number of hydrogen-bond donors (Lipinski definition) is 2. The number of carbonyl (C=O) groups is 2. The largest absolute Gasteiger partial charge is 0.480 e. The van der Waals surface area contributed by atoms with Gasteiger partial charge in [-0.05, 0) is 36.3 Å². The molecule has 0 fully saturated rings. The molecule has 0 saturated carbocycles. The number of aliphatic carboxylic acids is 1. The van der Waals surface area contributed by atoms with Crippen LogP contribution in [0.2, 0.25) is 0 Å². The number of nitrogens with one attached hydrogen (secondary N) is 1. The monoisotopic (exact) mass is 370 g/mol. The molecule has 2 aromatic rings. The summed E-state index contributed by atoms with van der Waals surface area (Å²) in [4.78, 5) is 23.5. The highest BCUT2D eigenvalue weighted by molar-refractivity contribution is 7.16. The van der Waals surface area contributed by atoms with Crippen molar-refractivity contribution >= 4 is 28.2 Å². The molecule has 3 rings (SSSR count). The summed E-state index contributed by atoms with van der Waals surface area (Å²) in [5.41, 5.74) is 2.83. The van der Waals surface area contributed by atoms with Crippen molar-refractivity contribution in [2.75, 3.05) is 18.5 Å². The van der Waals surface area contributed by atoms with E-state index in [1.54, 1.807) is 0 Å². The van der Waals surface area contributed by atoms with Gasteiger partial charge in [-0.3, -0.25) is 4.79 Å². The third-order valence-electron chi connectivity index (χ3n) is 4.36. The van der Waals surface area contributed by atoms with Gasteiger partial charge in [0.05, 0.1) is 5.56 Å². The average molecular weight is 370 g/mol. The van der Waals surface area contributed by atoms with E-state index in [-0.39, 0.29) is 6.61 Å². The third kappa shape index (κ3) is 4.10. The third-order valence-corrected chi connectivity index (χ3v) is 5.53. The van der Waals surface area contributed by atoms with Crippen LogP contribution in [0.1, 0.15) is 33.9 Å². The van der Waals surface area contributed by atoms with E-state index in [1.807, 2.05) is 18.2 Å². The first-order chi connectivity index (χ1) is 12.6. The van der Waals surface area contributed by atoms with Crippen molar-refractivity contribution in [2.45, 2.75) is 25.2 Å². The zero-order valence-corrected chi connectivity index (χ0v) is 14.8. The predicted octanol–water partition coefficient (Wildman–Crippen LogP) is 2.93. The Balaban J connectivity index is 1.72. The van der Waals surface area contributed by atoms with Crippen LogP contribution in [0.3, 0.4) is 0 Å². The van der Waals surface area contributed by atoms with Crippen molar-refractivity contribution < 1.29 is 19.4 Å². The molecule has 1 amide bonds. The molecule has 134 valence electrons. The minimum absolute atomic E-state index is 0.355. The van der Waals surface area contributed by atoms with Crippen LogP contribution in [-0.2, 0) is 27.2 Å². The summed E-state index contributed by atoms with van der Waals surface area (Å²) in [5, 5.41) is 21.2. The Bertz CT molecular complexity index is 854. The number of nitriles is 1. The number of carbonyl (C=O) groups excluding carboxylic acids is 1. The van der Waals surface area contributed by atoms with Gasteiger partial charge in [-0.2, -0.15) is 5.26 Å². The predicted molar refractivity (Wildman–Crippen MR) is 97.3 cm³/mol. The molecule has 0 aliphatic heterocycles. The fourth-order valence-corrected chi connectivity index (χ4v) is 4.49. The Hall–Kier alpha value is -2.69. The molecule has 26 heavy (non-hydrogen) atoms. The number of anilines is 1. The maximum absolute atomic E-state index is 11.9. The average Bonchev–Trinajstić information content (AvgIpc) is 2.98. The zero-order chi connectivity index (χ0) is 18.5. The molecular formula is C19H18N2O4S.